The molecule has 2 bridgehead atoms. The van der Waals surface area contributed by atoms with E-state index < -0.39 is 0 Å². The number of amides is 1. The van der Waals surface area contributed by atoms with Crippen molar-refractivity contribution >= 4 is 27.3 Å². The number of hydrogen-bond donors (Lipinski definition) is 1. The summed E-state index contributed by atoms with van der Waals surface area (Å²) in [4.78, 5) is 19.8. The molecule has 5 rings (SSSR count). The maximum atomic E-state index is 12.4. The Balaban J connectivity index is 1.52. The van der Waals surface area contributed by atoms with Crippen molar-refractivity contribution in [3.05, 3.63) is 29.4 Å². The molecule has 1 amide bonds. The van der Waals surface area contributed by atoms with E-state index in [-0.39, 0.29) is 5.91 Å². The van der Waals surface area contributed by atoms with Crippen LogP contribution in [0.25, 0.3) is 10.1 Å². The normalized spacial score (nSPS) is 28.7. The van der Waals surface area contributed by atoms with Gasteiger partial charge in [0.05, 0.1) is 9.58 Å². The first-order valence-corrected chi connectivity index (χ1v) is 7.98. The predicted molar refractivity (Wildman–Crippen MR) is 80.0 cm³/mol. The summed E-state index contributed by atoms with van der Waals surface area (Å²) in [5.41, 5.74) is 0. The molecular formula is C15H17N3OS. The highest BCUT2D eigenvalue weighted by Gasteiger charge is 2.35. The summed E-state index contributed by atoms with van der Waals surface area (Å²) in [7, 11) is 0. The van der Waals surface area contributed by atoms with Gasteiger partial charge in [0.1, 0.15) is 0 Å². The van der Waals surface area contributed by atoms with Crippen LogP contribution in [0.5, 0.6) is 0 Å². The number of nitrogens with zero attached hydrogens (tertiary/aromatic N) is 2. The minimum absolute atomic E-state index is 0.0740. The van der Waals surface area contributed by atoms with Gasteiger partial charge < -0.3 is 10.2 Å². The lowest BCUT2D eigenvalue weighted by atomic mass is 9.84. The summed E-state index contributed by atoms with van der Waals surface area (Å²) in [5, 5.41) is 4.34. The molecule has 2 aromatic rings. The number of rotatable bonds is 2. The van der Waals surface area contributed by atoms with E-state index in [0.29, 0.717) is 12.0 Å². The lowest BCUT2D eigenvalue weighted by molar-refractivity contribution is 0.0622. The van der Waals surface area contributed by atoms with Gasteiger partial charge in [-0.25, -0.2) is 0 Å². The van der Waals surface area contributed by atoms with Crippen LogP contribution in [-0.2, 0) is 0 Å². The summed E-state index contributed by atoms with van der Waals surface area (Å²) in [6.45, 7) is 3.42. The highest BCUT2D eigenvalue weighted by atomic mass is 32.1. The molecule has 0 radical (unpaired) electrons. The Labute approximate surface area is 121 Å². The Morgan fingerprint density at radius 1 is 1.40 bits per heavy atom. The van der Waals surface area contributed by atoms with Crippen LogP contribution in [0.3, 0.4) is 0 Å². The number of fused-ring (bicyclic) bond motifs is 4. The number of piperidine rings is 3. The summed E-state index contributed by atoms with van der Waals surface area (Å²) < 4.78 is 1.08. The van der Waals surface area contributed by atoms with Gasteiger partial charge in [0, 0.05) is 25.0 Å². The Bertz CT molecular complexity index is 612. The van der Waals surface area contributed by atoms with Crippen LogP contribution in [0.4, 0.5) is 0 Å². The zero-order valence-electron chi connectivity index (χ0n) is 11.2. The minimum Gasteiger partial charge on any atom is -0.347 e. The van der Waals surface area contributed by atoms with E-state index in [1.54, 1.807) is 6.20 Å². The van der Waals surface area contributed by atoms with Gasteiger partial charge in [0.25, 0.3) is 5.91 Å². The molecule has 104 valence electrons. The summed E-state index contributed by atoms with van der Waals surface area (Å²) in [5.74, 6) is 0.741. The van der Waals surface area contributed by atoms with E-state index in [0.717, 1.165) is 21.5 Å². The fourth-order valence-electron chi connectivity index (χ4n) is 3.36. The number of nitrogens with one attached hydrogen (secondary N) is 1. The molecule has 3 saturated heterocycles. The monoisotopic (exact) mass is 287 g/mol. The van der Waals surface area contributed by atoms with Crippen molar-refractivity contribution in [2.75, 3.05) is 19.6 Å². The van der Waals surface area contributed by atoms with Crippen molar-refractivity contribution in [3.8, 4) is 0 Å². The van der Waals surface area contributed by atoms with Gasteiger partial charge in [0.2, 0.25) is 0 Å². The molecular weight excluding hydrogens is 270 g/mol. The Kier molecular flexibility index (Phi) is 2.97. The van der Waals surface area contributed by atoms with Crippen LogP contribution in [0, 0.1) is 5.92 Å². The maximum absolute atomic E-state index is 12.4. The molecule has 1 atom stereocenters. The third-order valence-corrected chi connectivity index (χ3v) is 5.60. The molecule has 0 aliphatic carbocycles. The number of carbonyl (C=O) groups excluding carboxylic acids is 1. The summed E-state index contributed by atoms with van der Waals surface area (Å²) >= 11 is 1.53. The van der Waals surface area contributed by atoms with Gasteiger partial charge in [-0.3, -0.25) is 9.78 Å². The van der Waals surface area contributed by atoms with Crippen LogP contribution in [0.1, 0.15) is 22.5 Å². The molecule has 4 nitrogen and oxygen atoms in total. The highest BCUT2D eigenvalue weighted by Crippen LogP contribution is 2.29. The lowest BCUT2D eigenvalue weighted by Gasteiger charge is -2.44. The van der Waals surface area contributed by atoms with E-state index in [9.17, 15) is 4.79 Å². The quantitative estimate of drug-likeness (QED) is 0.920. The number of carbonyl (C=O) groups is 1. The Hall–Kier alpha value is -1.46. The Morgan fingerprint density at radius 2 is 2.25 bits per heavy atom. The van der Waals surface area contributed by atoms with Crippen LogP contribution in [-0.4, -0.2) is 41.5 Å². The van der Waals surface area contributed by atoms with Crippen LogP contribution < -0.4 is 5.32 Å². The first-order valence-electron chi connectivity index (χ1n) is 7.16. The zero-order chi connectivity index (χ0) is 13.5. The molecule has 3 aliphatic rings. The summed E-state index contributed by atoms with van der Waals surface area (Å²) in [6, 6.07) is 4.25. The van der Waals surface area contributed by atoms with Crippen molar-refractivity contribution < 1.29 is 4.79 Å². The molecule has 5 heterocycles. The lowest BCUT2D eigenvalue weighted by Crippen LogP contribution is -2.57. The van der Waals surface area contributed by atoms with Gasteiger partial charge in [-0.05, 0) is 49.4 Å². The maximum Gasteiger partial charge on any atom is 0.261 e. The third kappa shape index (κ3) is 2.11. The average molecular weight is 287 g/mol. The van der Waals surface area contributed by atoms with Gasteiger partial charge in [-0.1, -0.05) is 0 Å². The molecule has 1 unspecified atom stereocenters. The van der Waals surface area contributed by atoms with E-state index >= 15 is 0 Å². The minimum atomic E-state index is 0.0740. The number of pyridine rings is 1. The molecule has 1 N–H and O–H groups in total. The number of thiophene rings is 1. The van der Waals surface area contributed by atoms with Gasteiger partial charge >= 0.3 is 0 Å². The van der Waals surface area contributed by atoms with Crippen LogP contribution >= 0.6 is 11.3 Å². The first-order chi connectivity index (χ1) is 9.79. The topological polar surface area (TPSA) is 45.2 Å². The summed E-state index contributed by atoms with van der Waals surface area (Å²) in [6.07, 6.45) is 6.04. The molecule has 3 fully saturated rings. The fraction of sp³-hybridized carbons (Fsp3) is 0.467. The molecule has 0 saturated carbocycles. The Morgan fingerprint density at radius 3 is 2.95 bits per heavy atom. The largest absolute Gasteiger partial charge is 0.347 e. The molecule has 0 aromatic carbocycles. The molecule has 0 spiro atoms. The first kappa shape index (κ1) is 12.3. The van der Waals surface area contributed by atoms with Crippen LogP contribution in [0.15, 0.2) is 24.5 Å². The highest BCUT2D eigenvalue weighted by molar-refractivity contribution is 7.20. The SMILES string of the molecule is O=C(NC1CN2CCC1CC2)c1cc2ccncc2s1. The third-order valence-electron chi connectivity index (χ3n) is 4.52. The van der Waals surface area contributed by atoms with Crippen molar-refractivity contribution in [2.45, 2.75) is 18.9 Å². The second kappa shape index (κ2) is 4.82. The van der Waals surface area contributed by atoms with E-state index in [2.05, 4.69) is 15.2 Å². The molecule has 3 aliphatic heterocycles. The number of hydrogen-bond acceptors (Lipinski definition) is 4. The second-order valence-electron chi connectivity index (χ2n) is 5.74. The predicted octanol–water partition coefficient (Wildman–Crippen LogP) is 2.12. The molecule has 5 heteroatoms. The van der Waals surface area contributed by atoms with E-state index in [4.69, 9.17) is 0 Å². The standard InChI is InChI=1S/C15H17N3OS/c19-15(13-7-11-1-4-16-8-14(11)20-13)17-12-9-18-5-2-10(12)3-6-18/h1,4,7-8,10,12H,2-3,5-6,9H2,(H,17,19). The molecule has 20 heavy (non-hydrogen) atoms. The van der Waals surface area contributed by atoms with Gasteiger partial charge in [0.15, 0.2) is 0 Å². The number of aromatic nitrogens is 1. The van der Waals surface area contributed by atoms with Crippen molar-refractivity contribution in [2.24, 2.45) is 5.92 Å². The van der Waals surface area contributed by atoms with E-state index in [1.165, 1.54) is 37.3 Å². The average Bonchev–Trinajstić information content (AvgIpc) is 2.92. The van der Waals surface area contributed by atoms with E-state index in [1.807, 2.05) is 18.3 Å². The fourth-order valence-corrected chi connectivity index (χ4v) is 4.30. The zero-order valence-corrected chi connectivity index (χ0v) is 12.0. The molecule has 2 aromatic heterocycles. The smallest absolute Gasteiger partial charge is 0.261 e. The van der Waals surface area contributed by atoms with Crippen molar-refractivity contribution in [1.29, 1.82) is 0 Å². The van der Waals surface area contributed by atoms with Gasteiger partial charge in [-0.2, -0.15) is 0 Å². The van der Waals surface area contributed by atoms with Crippen molar-refractivity contribution in [3.63, 3.8) is 0 Å². The van der Waals surface area contributed by atoms with Gasteiger partial charge in [-0.15, -0.1) is 11.3 Å². The van der Waals surface area contributed by atoms with Crippen molar-refractivity contribution in [1.82, 2.24) is 15.2 Å². The van der Waals surface area contributed by atoms with Crippen LogP contribution in [0.2, 0.25) is 0 Å². The second-order valence-corrected chi connectivity index (χ2v) is 6.83.